The first kappa shape index (κ1) is 16.1. The molecule has 2 rings (SSSR count). The van der Waals surface area contributed by atoms with Crippen molar-refractivity contribution in [1.82, 2.24) is 10.3 Å². The van der Waals surface area contributed by atoms with Gasteiger partial charge < -0.3 is 11.1 Å². The van der Waals surface area contributed by atoms with E-state index in [1.807, 2.05) is 19.9 Å². The van der Waals surface area contributed by atoms with Gasteiger partial charge in [-0.2, -0.15) is 0 Å². The molecule has 0 saturated heterocycles. The van der Waals surface area contributed by atoms with Gasteiger partial charge >= 0.3 is 0 Å². The van der Waals surface area contributed by atoms with Crippen LogP contribution in [0.25, 0.3) is 0 Å². The fourth-order valence-corrected chi connectivity index (χ4v) is 3.11. The Hall–Kier alpha value is -1.30. The van der Waals surface area contributed by atoms with Crippen molar-refractivity contribution in [1.29, 1.82) is 0 Å². The molecule has 3 N–H and O–H groups in total. The Morgan fingerprint density at radius 3 is 2.86 bits per heavy atom. The highest BCUT2D eigenvalue weighted by Crippen LogP contribution is 2.25. The van der Waals surface area contributed by atoms with E-state index in [9.17, 15) is 0 Å². The number of nitrogens with one attached hydrogen (secondary N) is 1. The number of hydrogen-bond donors (Lipinski definition) is 2. The van der Waals surface area contributed by atoms with Crippen LogP contribution in [0.2, 0.25) is 10.0 Å². The quantitative estimate of drug-likeness (QED) is 0.653. The standard InChI is InChI=1S/C14H16Cl2N4S/c1-8(11-4-3-10(15)5-12(11)16)20-14(17)18-6-13-9(2)19-7-21-13/h3-5,7-8H,6H2,1-2H3,(H3,17,18,20). The van der Waals surface area contributed by atoms with Crippen molar-refractivity contribution in [2.75, 3.05) is 0 Å². The van der Waals surface area contributed by atoms with Gasteiger partial charge in [-0.1, -0.05) is 29.3 Å². The smallest absolute Gasteiger partial charge is 0.189 e. The lowest BCUT2D eigenvalue weighted by atomic mass is 10.1. The summed E-state index contributed by atoms with van der Waals surface area (Å²) in [5.41, 5.74) is 9.63. The Morgan fingerprint density at radius 2 is 2.24 bits per heavy atom. The number of hydrogen-bond acceptors (Lipinski definition) is 3. The van der Waals surface area contributed by atoms with Crippen LogP contribution in [0.3, 0.4) is 0 Å². The van der Waals surface area contributed by atoms with Gasteiger partial charge in [0, 0.05) is 14.9 Å². The molecule has 112 valence electrons. The Kier molecular flexibility index (Phi) is 5.45. The minimum Gasteiger partial charge on any atom is -0.370 e. The number of benzene rings is 1. The van der Waals surface area contributed by atoms with Crippen LogP contribution in [0.5, 0.6) is 0 Å². The van der Waals surface area contributed by atoms with Gasteiger partial charge in [0.2, 0.25) is 0 Å². The van der Waals surface area contributed by atoms with Crippen LogP contribution in [0, 0.1) is 6.92 Å². The zero-order valence-corrected chi connectivity index (χ0v) is 14.1. The lowest BCUT2D eigenvalue weighted by Gasteiger charge is -2.16. The van der Waals surface area contributed by atoms with E-state index in [2.05, 4.69) is 15.3 Å². The van der Waals surface area contributed by atoms with Crippen molar-refractivity contribution in [3.8, 4) is 0 Å². The zero-order valence-electron chi connectivity index (χ0n) is 11.7. The van der Waals surface area contributed by atoms with E-state index in [4.69, 9.17) is 28.9 Å². The molecule has 0 fully saturated rings. The largest absolute Gasteiger partial charge is 0.370 e. The van der Waals surface area contributed by atoms with E-state index < -0.39 is 0 Å². The first-order valence-electron chi connectivity index (χ1n) is 6.37. The maximum atomic E-state index is 6.18. The third-order valence-corrected chi connectivity index (χ3v) is 4.51. The zero-order chi connectivity index (χ0) is 15.4. The summed E-state index contributed by atoms with van der Waals surface area (Å²) in [6.07, 6.45) is 0. The average molecular weight is 343 g/mol. The maximum absolute atomic E-state index is 6.18. The molecule has 0 spiro atoms. The third-order valence-electron chi connectivity index (χ3n) is 3.03. The summed E-state index contributed by atoms with van der Waals surface area (Å²) in [7, 11) is 0. The van der Waals surface area contributed by atoms with Crippen molar-refractivity contribution < 1.29 is 0 Å². The van der Waals surface area contributed by atoms with Crippen molar-refractivity contribution in [2.24, 2.45) is 10.7 Å². The molecule has 0 saturated carbocycles. The monoisotopic (exact) mass is 342 g/mol. The Labute approximate surface area is 138 Å². The van der Waals surface area contributed by atoms with Gasteiger partial charge in [-0.05, 0) is 31.5 Å². The normalized spacial score (nSPS) is 13.2. The van der Waals surface area contributed by atoms with E-state index in [1.54, 1.807) is 29.0 Å². The first-order valence-corrected chi connectivity index (χ1v) is 8.01. The van der Waals surface area contributed by atoms with Gasteiger partial charge in [-0.15, -0.1) is 11.3 Å². The summed E-state index contributed by atoms with van der Waals surface area (Å²) >= 11 is 13.6. The molecule has 4 nitrogen and oxygen atoms in total. The summed E-state index contributed by atoms with van der Waals surface area (Å²) in [6, 6.07) is 5.34. The average Bonchev–Trinajstić information content (AvgIpc) is 2.81. The SMILES string of the molecule is Cc1ncsc1CN=C(N)NC(C)c1ccc(Cl)cc1Cl. The third kappa shape index (κ3) is 4.33. The number of aryl methyl sites for hydroxylation is 1. The fourth-order valence-electron chi connectivity index (χ4n) is 1.83. The molecule has 1 heterocycles. The van der Waals surface area contributed by atoms with Gasteiger partial charge in [0.25, 0.3) is 0 Å². The number of halogens is 2. The highest BCUT2D eigenvalue weighted by Gasteiger charge is 2.10. The predicted octanol–water partition coefficient (Wildman–Crippen LogP) is 3.92. The Balaban J connectivity index is 2.01. The molecule has 1 atom stereocenters. The number of rotatable bonds is 4. The first-order chi connectivity index (χ1) is 9.97. The number of aromatic nitrogens is 1. The predicted molar refractivity (Wildman–Crippen MR) is 90.2 cm³/mol. The van der Waals surface area contributed by atoms with Crippen LogP contribution in [-0.2, 0) is 6.54 Å². The molecule has 1 aromatic heterocycles. The molecule has 1 aromatic carbocycles. The second-order valence-corrected chi connectivity index (χ2v) is 6.38. The van der Waals surface area contributed by atoms with Gasteiger partial charge in [0.05, 0.1) is 23.8 Å². The molecule has 2 aromatic rings. The topological polar surface area (TPSA) is 63.3 Å². The minimum absolute atomic E-state index is 0.0546. The minimum atomic E-state index is -0.0546. The second-order valence-electron chi connectivity index (χ2n) is 4.59. The fraction of sp³-hybridized carbons (Fsp3) is 0.286. The van der Waals surface area contributed by atoms with Crippen molar-refractivity contribution >= 4 is 40.5 Å². The van der Waals surface area contributed by atoms with E-state index >= 15 is 0 Å². The number of thiazole rings is 1. The lowest BCUT2D eigenvalue weighted by molar-refractivity contribution is 0.708. The summed E-state index contributed by atoms with van der Waals surface area (Å²) in [5, 5.41) is 4.34. The second kappa shape index (κ2) is 7.11. The van der Waals surface area contributed by atoms with E-state index in [0.29, 0.717) is 22.5 Å². The van der Waals surface area contributed by atoms with Crippen molar-refractivity contribution in [3.63, 3.8) is 0 Å². The number of guanidine groups is 1. The molecular weight excluding hydrogens is 327 g/mol. The molecular formula is C14H16Cl2N4S. The molecule has 0 amide bonds. The highest BCUT2D eigenvalue weighted by atomic mass is 35.5. The van der Waals surface area contributed by atoms with Gasteiger partial charge in [0.15, 0.2) is 5.96 Å². The number of nitrogens with zero attached hydrogens (tertiary/aromatic N) is 2. The van der Waals surface area contributed by atoms with Gasteiger partial charge in [-0.3, -0.25) is 0 Å². The van der Waals surface area contributed by atoms with Crippen molar-refractivity contribution in [2.45, 2.75) is 26.4 Å². The Morgan fingerprint density at radius 1 is 1.48 bits per heavy atom. The van der Waals surface area contributed by atoms with Crippen LogP contribution >= 0.6 is 34.5 Å². The van der Waals surface area contributed by atoms with Crippen LogP contribution in [0.1, 0.15) is 29.1 Å². The van der Waals surface area contributed by atoms with Gasteiger partial charge in [-0.25, -0.2) is 9.98 Å². The summed E-state index contributed by atoms with van der Waals surface area (Å²) in [4.78, 5) is 9.61. The van der Waals surface area contributed by atoms with Crippen LogP contribution in [-0.4, -0.2) is 10.9 Å². The van der Waals surface area contributed by atoms with Crippen LogP contribution in [0.4, 0.5) is 0 Å². The summed E-state index contributed by atoms with van der Waals surface area (Å²) in [5.74, 6) is 0.376. The molecule has 0 aliphatic rings. The lowest BCUT2D eigenvalue weighted by Crippen LogP contribution is -2.33. The Bertz CT molecular complexity index is 654. The molecule has 0 aliphatic heterocycles. The molecule has 21 heavy (non-hydrogen) atoms. The molecule has 0 bridgehead atoms. The highest BCUT2D eigenvalue weighted by molar-refractivity contribution is 7.09. The maximum Gasteiger partial charge on any atom is 0.189 e. The number of nitrogens with two attached hydrogens (primary N) is 1. The van der Waals surface area contributed by atoms with Crippen molar-refractivity contribution in [3.05, 3.63) is 49.9 Å². The summed E-state index contributed by atoms with van der Waals surface area (Å²) in [6.45, 7) is 4.45. The van der Waals surface area contributed by atoms with E-state index in [-0.39, 0.29) is 6.04 Å². The van der Waals surface area contributed by atoms with Crippen LogP contribution in [0.15, 0.2) is 28.7 Å². The van der Waals surface area contributed by atoms with E-state index in [1.165, 1.54) is 0 Å². The molecule has 7 heteroatoms. The van der Waals surface area contributed by atoms with Gasteiger partial charge in [0.1, 0.15) is 0 Å². The molecule has 0 radical (unpaired) electrons. The number of aliphatic imine (C=N–C) groups is 1. The molecule has 1 unspecified atom stereocenters. The molecule has 0 aliphatic carbocycles. The van der Waals surface area contributed by atoms with E-state index in [0.717, 1.165) is 16.1 Å². The van der Waals surface area contributed by atoms with Crippen LogP contribution < -0.4 is 11.1 Å². The summed E-state index contributed by atoms with van der Waals surface area (Å²) < 4.78 is 0.